The predicted molar refractivity (Wildman–Crippen MR) is 69.6 cm³/mol. The molecule has 0 N–H and O–H groups in total. The molecule has 0 aliphatic carbocycles. The summed E-state index contributed by atoms with van der Waals surface area (Å²) >= 11 is 0. The number of nitrogens with zero attached hydrogens (tertiary/aromatic N) is 2. The molecule has 1 aromatic carbocycles. The molecule has 0 atom stereocenters. The average Bonchev–Trinajstić information content (AvgIpc) is 2.38. The Morgan fingerprint density at radius 3 is 2.72 bits per heavy atom. The van der Waals surface area contributed by atoms with E-state index < -0.39 is 0 Å². The molecule has 2 aromatic rings. The molecule has 0 fully saturated rings. The van der Waals surface area contributed by atoms with Gasteiger partial charge in [0.1, 0.15) is 7.05 Å². The Bertz CT molecular complexity index is 606. The van der Waals surface area contributed by atoms with E-state index >= 15 is 0 Å². The Kier molecular flexibility index (Phi) is 3.48. The molecule has 4 heteroatoms. The quantitative estimate of drug-likeness (QED) is 0.471. The molecular formula is C14H13N2O2+. The number of hydrogen-bond acceptors (Lipinski definition) is 2. The summed E-state index contributed by atoms with van der Waals surface area (Å²) in [5.74, 6) is 0. The second-order valence-electron chi connectivity index (χ2n) is 3.92. The van der Waals surface area contributed by atoms with Gasteiger partial charge in [0.05, 0.1) is 4.92 Å². The molecule has 0 aliphatic rings. The van der Waals surface area contributed by atoms with Crippen molar-refractivity contribution in [2.45, 2.75) is 0 Å². The highest BCUT2D eigenvalue weighted by molar-refractivity contribution is 5.68. The van der Waals surface area contributed by atoms with Gasteiger partial charge in [-0.1, -0.05) is 12.1 Å². The van der Waals surface area contributed by atoms with Crippen LogP contribution in [-0.4, -0.2) is 4.92 Å². The van der Waals surface area contributed by atoms with Crippen LogP contribution in [0.1, 0.15) is 11.3 Å². The Morgan fingerprint density at radius 1 is 1.17 bits per heavy atom. The van der Waals surface area contributed by atoms with E-state index in [1.165, 1.54) is 6.07 Å². The molecule has 0 saturated carbocycles. The maximum Gasteiger partial charge on any atom is 0.270 e. The highest BCUT2D eigenvalue weighted by Gasteiger charge is 2.04. The molecule has 18 heavy (non-hydrogen) atoms. The van der Waals surface area contributed by atoms with Crippen LogP contribution in [0.2, 0.25) is 0 Å². The molecule has 1 heterocycles. The molecular weight excluding hydrogens is 228 g/mol. The Hall–Kier alpha value is -2.49. The number of aryl methyl sites for hydroxylation is 1. The Labute approximate surface area is 105 Å². The van der Waals surface area contributed by atoms with Crippen molar-refractivity contribution in [3.63, 3.8) is 0 Å². The monoisotopic (exact) mass is 241 g/mol. The summed E-state index contributed by atoms with van der Waals surface area (Å²) in [6, 6.07) is 12.4. The first kappa shape index (κ1) is 12.0. The molecule has 0 bridgehead atoms. The SMILES string of the molecule is C[n+]1ccccc1/C=C/c1cccc([N+](=O)[O-])c1. The summed E-state index contributed by atoms with van der Waals surface area (Å²) in [5.41, 5.74) is 1.95. The van der Waals surface area contributed by atoms with Crippen molar-refractivity contribution in [2.24, 2.45) is 7.05 Å². The van der Waals surface area contributed by atoms with Crippen molar-refractivity contribution in [1.82, 2.24) is 0 Å². The molecule has 90 valence electrons. The average molecular weight is 241 g/mol. The number of hydrogen-bond donors (Lipinski definition) is 0. The lowest BCUT2D eigenvalue weighted by molar-refractivity contribution is -0.673. The van der Waals surface area contributed by atoms with E-state index in [2.05, 4.69) is 0 Å². The highest BCUT2D eigenvalue weighted by atomic mass is 16.6. The van der Waals surface area contributed by atoms with Crippen LogP contribution in [0.25, 0.3) is 12.2 Å². The first-order chi connectivity index (χ1) is 8.66. The summed E-state index contributed by atoms with van der Waals surface area (Å²) in [5, 5.41) is 10.7. The summed E-state index contributed by atoms with van der Waals surface area (Å²) < 4.78 is 1.98. The van der Waals surface area contributed by atoms with Crippen molar-refractivity contribution < 1.29 is 9.49 Å². The van der Waals surface area contributed by atoms with Crippen LogP contribution in [0.15, 0.2) is 48.7 Å². The van der Waals surface area contributed by atoms with E-state index in [1.54, 1.807) is 12.1 Å². The second-order valence-corrected chi connectivity index (χ2v) is 3.92. The smallest absolute Gasteiger partial charge is 0.258 e. The van der Waals surface area contributed by atoms with Gasteiger partial charge < -0.3 is 0 Å². The first-order valence-corrected chi connectivity index (χ1v) is 5.54. The highest BCUT2D eigenvalue weighted by Crippen LogP contribution is 2.14. The fourth-order valence-electron chi connectivity index (χ4n) is 1.63. The largest absolute Gasteiger partial charge is 0.270 e. The number of aromatic nitrogens is 1. The van der Waals surface area contributed by atoms with Gasteiger partial charge in [0, 0.05) is 30.3 Å². The van der Waals surface area contributed by atoms with Gasteiger partial charge in [0.15, 0.2) is 6.20 Å². The topological polar surface area (TPSA) is 47.0 Å². The zero-order valence-electron chi connectivity index (χ0n) is 9.98. The number of nitro benzene ring substituents is 1. The van der Waals surface area contributed by atoms with E-state index in [4.69, 9.17) is 0 Å². The molecule has 0 unspecified atom stereocenters. The molecule has 0 spiro atoms. The van der Waals surface area contributed by atoms with Crippen LogP contribution >= 0.6 is 0 Å². The van der Waals surface area contributed by atoms with Crippen LogP contribution in [-0.2, 0) is 7.05 Å². The number of benzene rings is 1. The minimum atomic E-state index is -0.389. The van der Waals surface area contributed by atoms with Crippen LogP contribution < -0.4 is 4.57 Å². The van der Waals surface area contributed by atoms with Crippen molar-refractivity contribution >= 4 is 17.8 Å². The van der Waals surface area contributed by atoms with E-state index in [9.17, 15) is 10.1 Å². The molecule has 2 rings (SSSR count). The summed E-state index contributed by atoms with van der Waals surface area (Å²) in [4.78, 5) is 10.3. The fraction of sp³-hybridized carbons (Fsp3) is 0.0714. The van der Waals surface area contributed by atoms with E-state index in [0.29, 0.717) is 0 Å². The van der Waals surface area contributed by atoms with Gasteiger partial charge >= 0.3 is 0 Å². The number of pyridine rings is 1. The normalized spacial score (nSPS) is 10.7. The van der Waals surface area contributed by atoms with E-state index in [0.717, 1.165) is 11.3 Å². The van der Waals surface area contributed by atoms with Crippen LogP contribution in [0.5, 0.6) is 0 Å². The molecule has 0 radical (unpaired) electrons. The number of non-ortho nitro benzene ring substituents is 1. The maximum atomic E-state index is 10.7. The third-order valence-corrected chi connectivity index (χ3v) is 2.62. The van der Waals surface area contributed by atoms with Gasteiger partial charge in [-0.05, 0) is 17.7 Å². The summed E-state index contributed by atoms with van der Waals surface area (Å²) in [6.07, 6.45) is 5.74. The lowest BCUT2D eigenvalue weighted by Gasteiger charge is -1.95. The van der Waals surface area contributed by atoms with Gasteiger partial charge in [-0.3, -0.25) is 10.1 Å². The zero-order valence-corrected chi connectivity index (χ0v) is 9.98. The van der Waals surface area contributed by atoms with Crippen molar-refractivity contribution in [1.29, 1.82) is 0 Å². The molecule has 0 aliphatic heterocycles. The van der Waals surface area contributed by atoms with Gasteiger partial charge in [-0.15, -0.1) is 0 Å². The summed E-state index contributed by atoms with van der Waals surface area (Å²) in [7, 11) is 1.95. The number of rotatable bonds is 3. The van der Waals surface area contributed by atoms with Crippen molar-refractivity contribution in [3.8, 4) is 0 Å². The Balaban J connectivity index is 2.27. The Morgan fingerprint density at radius 2 is 2.00 bits per heavy atom. The standard InChI is InChI=1S/C14H13N2O2/c1-15-10-3-2-6-13(15)9-8-12-5-4-7-14(11-12)16(17)18/h2-11H,1H3/q+1/b9-8+. The molecule has 0 saturated heterocycles. The predicted octanol–water partition coefficient (Wildman–Crippen LogP) is 2.59. The maximum absolute atomic E-state index is 10.7. The minimum absolute atomic E-state index is 0.106. The lowest BCUT2D eigenvalue weighted by Crippen LogP contribution is -2.30. The zero-order chi connectivity index (χ0) is 13.0. The van der Waals surface area contributed by atoms with Crippen molar-refractivity contribution in [3.05, 3.63) is 70.0 Å². The molecule has 4 nitrogen and oxygen atoms in total. The third-order valence-electron chi connectivity index (χ3n) is 2.62. The minimum Gasteiger partial charge on any atom is -0.258 e. The van der Waals surface area contributed by atoms with Crippen LogP contribution in [0, 0.1) is 10.1 Å². The van der Waals surface area contributed by atoms with Crippen LogP contribution in [0.3, 0.4) is 0 Å². The second kappa shape index (κ2) is 5.23. The lowest BCUT2D eigenvalue weighted by atomic mass is 10.1. The van der Waals surface area contributed by atoms with E-state index in [-0.39, 0.29) is 10.6 Å². The van der Waals surface area contributed by atoms with Gasteiger partial charge in [0.2, 0.25) is 5.69 Å². The van der Waals surface area contributed by atoms with Crippen LogP contribution in [0.4, 0.5) is 5.69 Å². The van der Waals surface area contributed by atoms with E-state index in [1.807, 2.05) is 54.2 Å². The third kappa shape index (κ3) is 2.79. The molecule has 0 amide bonds. The number of nitro groups is 1. The summed E-state index contributed by atoms with van der Waals surface area (Å²) in [6.45, 7) is 0. The first-order valence-electron chi connectivity index (χ1n) is 5.54. The molecule has 1 aromatic heterocycles. The van der Waals surface area contributed by atoms with Gasteiger partial charge in [-0.25, -0.2) is 4.57 Å². The van der Waals surface area contributed by atoms with Crippen molar-refractivity contribution in [2.75, 3.05) is 0 Å². The fourth-order valence-corrected chi connectivity index (χ4v) is 1.63. The van der Waals surface area contributed by atoms with Gasteiger partial charge in [-0.2, -0.15) is 0 Å². The van der Waals surface area contributed by atoms with Gasteiger partial charge in [0.25, 0.3) is 5.69 Å².